The monoisotopic (exact) mass is 297 g/mol. The fraction of sp³-hybridized carbons (Fsp3) is 0.182. The Hall–Kier alpha value is -1.73. The molecule has 0 unspecified atom stereocenters. The summed E-state index contributed by atoms with van der Waals surface area (Å²) in [6.45, 7) is 1.86. The van der Waals surface area contributed by atoms with Crippen molar-refractivity contribution in [3.8, 4) is 0 Å². The molecule has 0 aliphatic carbocycles. The highest BCUT2D eigenvalue weighted by molar-refractivity contribution is 7.99. The van der Waals surface area contributed by atoms with Crippen LogP contribution < -0.4 is 5.73 Å². The molecule has 0 saturated carbocycles. The zero-order valence-corrected chi connectivity index (χ0v) is 11.9. The van der Waals surface area contributed by atoms with Crippen molar-refractivity contribution < 1.29 is 5.21 Å². The van der Waals surface area contributed by atoms with E-state index in [1.165, 1.54) is 11.8 Å². The van der Waals surface area contributed by atoms with Gasteiger partial charge in [0, 0.05) is 11.9 Å². The first-order valence-electron chi connectivity index (χ1n) is 5.35. The van der Waals surface area contributed by atoms with E-state index in [0.717, 1.165) is 10.7 Å². The Bertz CT molecular complexity index is 640. The molecule has 0 saturated heterocycles. The summed E-state index contributed by atoms with van der Waals surface area (Å²) in [4.78, 5) is 0.748. The summed E-state index contributed by atoms with van der Waals surface area (Å²) in [6.07, 6.45) is 0. The maximum atomic E-state index is 8.82. The van der Waals surface area contributed by atoms with Gasteiger partial charge >= 0.3 is 0 Å². The number of benzene rings is 1. The van der Waals surface area contributed by atoms with E-state index in [1.54, 1.807) is 12.1 Å². The van der Waals surface area contributed by atoms with E-state index < -0.39 is 0 Å². The molecular formula is C11H12ClN5OS. The van der Waals surface area contributed by atoms with Crippen LogP contribution in [0.25, 0.3) is 0 Å². The van der Waals surface area contributed by atoms with Gasteiger partial charge in [-0.25, -0.2) is 0 Å². The van der Waals surface area contributed by atoms with Crippen LogP contribution in [0.15, 0.2) is 33.4 Å². The van der Waals surface area contributed by atoms with Crippen molar-refractivity contribution in [1.29, 1.82) is 0 Å². The zero-order valence-electron chi connectivity index (χ0n) is 10.3. The van der Waals surface area contributed by atoms with Gasteiger partial charge in [0.15, 0.2) is 11.0 Å². The molecule has 0 aliphatic heterocycles. The first-order valence-corrected chi connectivity index (χ1v) is 6.54. The first-order chi connectivity index (χ1) is 9.04. The molecule has 0 bridgehead atoms. The summed E-state index contributed by atoms with van der Waals surface area (Å²) in [7, 11) is 1.87. The molecule has 100 valence electrons. The van der Waals surface area contributed by atoms with E-state index in [-0.39, 0.29) is 5.84 Å². The lowest BCUT2D eigenvalue weighted by Crippen LogP contribution is -2.15. The number of amidine groups is 1. The van der Waals surface area contributed by atoms with Crippen molar-refractivity contribution in [2.45, 2.75) is 17.0 Å². The number of aryl methyl sites for hydroxylation is 1. The second-order valence-electron chi connectivity index (χ2n) is 3.79. The molecule has 1 aromatic carbocycles. The maximum absolute atomic E-state index is 8.82. The fourth-order valence-electron chi connectivity index (χ4n) is 1.46. The van der Waals surface area contributed by atoms with E-state index >= 15 is 0 Å². The predicted molar refractivity (Wildman–Crippen MR) is 73.8 cm³/mol. The van der Waals surface area contributed by atoms with Crippen LogP contribution in [-0.4, -0.2) is 25.8 Å². The third-order valence-corrected chi connectivity index (χ3v) is 4.01. The predicted octanol–water partition coefficient (Wildman–Crippen LogP) is 2.02. The topological polar surface area (TPSA) is 89.3 Å². The normalized spacial score (nSPS) is 11.8. The number of hydrogen-bond acceptors (Lipinski definition) is 5. The van der Waals surface area contributed by atoms with Gasteiger partial charge in [-0.15, -0.1) is 10.2 Å². The van der Waals surface area contributed by atoms with Crippen molar-refractivity contribution in [3.63, 3.8) is 0 Å². The van der Waals surface area contributed by atoms with E-state index in [0.29, 0.717) is 15.7 Å². The summed E-state index contributed by atoms with van der Waals surface area (Å²) in [5, 5.41) is 21.0. The number of rotatable bonds is 3. The fourth-order valence-corrected chi connectivity index (χ4v) is 2.80. The van der Waals surface area contributed by atoms with Crippen LogP contribution in [0.3, 0.4) is 0 Å². The lowest BCUT2D eigenvalue weighted by molar-refractivity contribution is 0.318. The van der Waals surface area contributed by atoms with Crippen molar-refractivity contribution in [2.75, 3.05) is 0 Å². The largest absolute Gasteiger partial charge is 0.409 e. The standard InChI is InChI=1S/C11H12ClN5OS/c1-6-14-15-11(17(6)2)19-8-5-3-4-7(12)9(8)10(13)16-18/h3-5,18H,1-2H3,(H2,13,16). The molecule has 6 nitrogen and oxygen atoms in total. The molecule has 19 heavy (non-hydrogen) atoms. The highest BCUT2D eigenvalue weighted by atomic mass is 35.5. The Kier molecular flexibility index (Phi) is 3.96. The molecule has 0 spiro atoms. The molecule has 0 atom stereocenters. The van der Waals surface area contributed by atoms with Crippen LogP contribution in [-0.2, 0) is 7.05 Å². The van der Waals surface area contributed by atoms with Gasteiger partial charge in [-0.2, -0.15) is 0 Å². The Balaban J connectivity index is 2.46. The highest BCUT2D eigenvalue weighted by Gasteiger charge is 2.15. The average molecular weight is 298 g/mol. The van der Waals surface area contributed by atoms with Crippen LogP contribution in [0.5, 0.6) is 0 Å². The van der Waals surface area contributed by atoms with Crippen molar-refractivity contribution in [1.82, 2.24) is 14.8 Å². The highest BCUT2D eigenvalue weighted by Crippen LogP contribution is 2.32. The second kappa shape index (κ2) is 5.50. The summed E-state index contributed by atoms with van der Waals surface area (Å²) in [5.41, 5.74) is 6.14. The molecule has 1 aromatic heterocycles. The maximum Gasteiger partial charge on any atom is 0.195 e. The smallest absolute Gasteiger partial charge is 0.195 e. The van der Waals surface area contributed by atoms with Crippen LogP contribution in [0, 0.1) is 6.92 Å². The molecule has 3 N–H and O–H groups in total. The third-order valence-electron chi connectivity index (χ3n) is 2.59. The van der Waals surface area contributed by atoms with Gasteiger partial charge in [-0.05, 0) is 30.8 Å². The molecule has 2 rings (SSSR count). The number of hydrogen-bond donors (Lipinski definition) is 2. The average Bonchev–Trinajstić information content (AvgIpc) is 2.70. The Morgan fingerprint density at radius 3 is 2.79 bits per heavy atom. The lowest BCUT2D eigenvalue weighted by atomic mass is 10.2. The van der Waals surface area contributed by atoms with Gasteiger partial charge in [0.2, 0.25) is 0 Å². The van der Waals surface area contributed by atoms with E-state index in [9.17, 15) is 0 Å². The molecule has 0 radical (unpaired) electrons. The quantitative estimate of drug-likeness (QED) is 0.391. The Labute approximate surface area is 119 Å². The molecule has 8 heteroatoms. The molecule has 0 aliphatic rings. The Morgan fingerprint density at radius 1 is 1.47 bits per heavy atom. The first kappa shape index (κ1) is 13.7. The molecular weight excluding hydrogens is 286 g/mol. The van der Waals surface area contributed by atoms with Gasteiger partial charge in [0.1, 0.15) is 5.82 Å². The minimum absolute atomic E-state index is 0.0352. The van der Waals surface area contributed by atoms with Crippen LogP contribution in [0.4, 0.5) is 0 Å². The van der Waals surface area contributed by atoms with Gasteiger partial charge in [0.25, 0.3) is 0 Å². The number of oxime groups is 1. The molecule has 1 heterocycles. The van der Waals surface area contributed by atoms with E-state index in [1.807, 2.05) is 24.6 Å². The number of aromatic nitrogens is 3. The summed E-state index contributed by atoms with van der Waals surface area (Å²) >= 11 is 7.44. The minimum Gasteiger partial charge on any atom is -0.409 e. The molecule has 2 aromatic rings. The Morgan fingerprint density at radius 2 is 2.21 bits per heavy atom. The third kappa shape index (κ3) is 2.66. The van der Waals surface area contributed by atoms with Gasteiger partial charge in [-0.3, -0.25) is 0 Å². The zero-order chi connectivity index (χ0) is 14.0. The van der Waals surface area contributed by atoms with Crippen LogP contribution in [0.2, 0.25) is 5.02 Å². The number of halogens is 1. The summed E-state index contributed by atoms with van der Waals surface area (Å²) < 4.78 is 1.85. The van der Waals surface area contributed by atoms with Crippen molar-refractivity contribution >= 4 is 29.2 Å². The lowest BCUT2D eigenvalue weighted by Gasteiger charge is -2.09. The number of nitrogens with two attached hydrogens (primary N) is 1. The molecule has 0 fully saturated rings. The summed E-state index contributed by atoms with van der Waals surface area (Å²) in [6, 6.07) is 5.30. The SMILES string of the molecule is Cc1nnc(Sc2cccc(Cl)c2C(N)=NO)n1C. The van der Waals surface area contributed by atoms with Crippen LogP contribution in [0.1, 0.15) is 11.4 Å². The van der Waals surface area contributed by atoms with Crippen LogP contribution >= 0.6 is 23.4 Å². The molecule has 0 amide bonds. The van der Waals surface area contributed by atoms with Gasteiger partial charge < -0.3 is 15.5 Å². The number of nitrogens with zero attached hydrogens (tertiary/aromatic N) is 4. The second-order valence-corrected chi connectivity index (χ2v) is 5.21. The van der Waals surface area contributed by atoms with E-state index in [4.69, 9.17) is 22.5 Å². The summed E-state index contributed by atoms with van der Waals surface area (Å²) in [5.74, 6) is 0.766. The van der Waals surface area contributed by atoms with Gasteiger partial charge in [-0.1, -0.05) is 22.8 Å². The van der Waals surface area contributed by atoms with Gasteiger partial charge in [0.05, 0.1) is 10.6 Å². The van der Waals surface area contributed by atoms with E-state index in [2.05, 4.69) is 15.4 Å². The minimum atomic E-state index is -0.0352. The van der Waals surface area contributed by atoms with Crippen molar-refractivity contribution in [2.24, 2.45) is 17.9 Å². The van der Waals surface area contributed by atoms with Crippen molar-refractivity contribution in [3.05, 3.63) is 34.6 Å².